The second kappa shape index (κ2) is 5.75. The Hall–Kier alpha value is -1.33. The lowest BCUT2D eigenvalue weighted by Crippen LogP contribution is -2.35. The van der Waals surface area contributed by atoms with Gasteiger partial charge in [0.05, 0.1) is 11.5 Å². The van der Waals surface area contributed by atoms with Gasteiger partial charge in [-0.05, 0) is 24.1 Å². The maximum atomic E-state index is 11.6. The normalized spacial score (nSPS) is 21.6. The highest BCUT2D eigenvalue weighted by atomic mass is 32.2. The lowest BCUT2D eigenvalue weighted by molar-refractivity contribution is 0.227. The Bertz CT molecular complexity index is 537. The van der Waals surface area contributed by atoms with Gasteiger partial charge in [-0.3, -0.25) is 4.90 Å². The van der Waals surface area contributed by atoms with Gasteiger partial charge in [-0.15, -0.1) is 6.58 Å². The molecule has 2 rings (SSSR count). The van der Waals surface area contributed by atoms with Crippen molar-refractivity contribution in [2.75, 3.05) is 23.8 Å². The van der Waals surface area contributed by atoms with E-state index in [1.165, 1.54) is 0 Å². The number of nitrogen functional groups attached to an aromatic ring is 1. The Morgan fingerprint density at radius 1 is 1.37 bits per heavy atom. The van der Waals surface area contributed by atoms with Crippen LogP contribution in [0.15, 0.2) is 36.9 Å². The lowest BCUT2D eigenvalue weighted by Gasteiger charge is -2.26. The van der Waals surface area contributed by atoms with E-state index >= 15 is 0 Å². The average Bonchev–Trinajstić information content (AvgIpc) is 2.72. The van der Waals surface area contributed by atoms with E-state index in [0.29, 0.717) is 18.7 Å². The van der Waals surface area contributed by atoms with Crippen molar-refractivity contribution in [3.8, 4) is 0 Å². The molecule has 1 heterocycles. The molecule has 1 aliphatic heterocycles. The van der Waals surface area contributed by atoms with E-state index in [-0.39, 0.29) is 11.8 Å². The van der Waals surface area contributed by atoms with E-state index in [2.05, 4.69) is 11.5 Å². The number of nitrogens with two attached hydrogens (primary N) is 1. The molecule has 4 nitrogen and oxygen atoms in total. The molecule has 1 atom stereocenters. The largest absolute Gasteiger partial charge is 0.399 e. The zero-order valence-electron chi connectivity index (χ0n) is 11.0. The zero-order valence-corrected chi connectivity index (χ0v) is 11.8. The quantitative estimate of drug-likeness (QED) is 0.655. The Morgan fingerprint density at radius 3 is 2.58 bits per heavy atom. The average molecular weight is 280 g/mol. The molecule has 0 aromatic heterocycles. The predicted octanol–water partition coefficient (Wildman–Crippen LogP) is 1.44. The van der Waals surface area contributed by atoms with Crippen molar-refractivity contribution in [2.45, 2.75) is 19.0 Å². The van der Waals surface area contributed by atoms with Gasteiger partial charge in [-0.25, -0.2) is 8.42 Å². The maximum Gasteiger partial charge on any atom is 0.151 e. The van der Waals surface area contributed by atoms with Crippen LogP contribution in [0.25, 0.3) is 0 Å². The van der Waals surface area contributed by atoms with Crippen molar-refractivity contribution in [1.82, 2.24) is 4.90 Å². The topological polar surface area (TPSA) is 63.4 Å². The fraction of sp³-hybridized carbons (Fsp3) is 0.429. The summed E-state index contributed by atoms with van der Waals surface area (Å²) in [5, 5.41) is 0. The molecule has 19 heavy (non-hydrogen) atoms. The molecule has 0 amide bonds. The van der Waals surface area contributed by atoms with Crippen LogP contribution in [0.3, 0.4) is 0 Å². The van der Waals surface area contributed by atoms with Gasteiger partial charge in [0.2, 0.25) is 0 Å². The summed E-state index contributed by atoms with van der Waals surface area (Å²) in [6.45, 7) is 5.18. The van der Waals surface area contributed by atoms with Crippen LogP contribution in [-0.2, 0) is 16.4 Å². The van der Waals surface area contributed by atoms with Crippen LogP contribution in [0.5, 0.6) is 0 Å². The van der Waals surface area contributed by atoms with Crippen LogP contribution in [0.4, 0.5) is 5.69 Å². The first kappa shape index (κ1) is 14.1. The highest BCUT2D eigenvalue weighted by molar-refractivity contribution is 7.91. The van der Waals surface area contributed by atoms with E-state index in [1.54, 1.807) is 0 Å². The number of rotatable bonds is 5. The van der Waals surface area contributed by atoms with Crippen LogP contribution >= 0.6 is 0 Å². The number of hydrogen-bond acceptors (Lipinski definition) is 4. The van der Waals surface area contributed by atoms with Gasteiger partial charge in [-0.2, -0.15) is 0 Å². The molecule has 104 valence electrons. The van der Waals surface area contributed by atoms with E-state index in [1.807, 2.05) is 30.3 Å². The van der Waals surface area contributed by atoms with Crippen molar-refractivity contribution in [3.63, 3.8) is 0 Å². The van der Waals surface area contributed by atoms with Crippen LogP contribution < -0.4 is 5.73 Å². The summed E-state index contributed by atoms with van der Waals surface area (Å²) < 4.78 is 23.2. The molecule has 1 aromatic carbocycles. The first-order chi connectivity index (χ1) is 9.00. The molecule has 1 aromatic rings. The van der Waals surface area contributed by atoms with E-state index in [4.69, 9.17) is 5.73 Å². The fourth-order valence-corrected chi connectivity index (χ4v) is 4.19. The van der Waals surface area contributed by atoms with Gasteiger partial charge in [0.25, 0.3) is 0 Å². The van der Waals surface area contributed by atoms with Crippen LogP contribution in [0.2, 0.25) is 0 Å². The minimum Gasteiger partial charge on any atom is -0.399 e. The number of hydrogen-bond donors (Lipinski definition) is 1. The minimum absolute atomic E-state index is 0.0977. The van der Waals surface area contributed by atoms with Crippen LogP contribution in [0.1, 0.15) is 12.0 Å². The molecular formula is C14H20N2O2S. The minimum atomic E-state index is -2.85. The van der Waals surface area contributed by atoms with Crippen molar-refractivity contribution in [2.24, 2.45) is 0 Å². The molecule has 0 saturated carbocycles. The van der Waals surface area contributed by atoms with Gasteiger partial charge in [0.1, 0.15) is 0 Å². The predicted molar refractivity (Wildman–Crippen MR) is 78.5 cm³/mol. The summed E-state index contributed by atoms with van der Waals surface area (Å²) in [6, 6.07) is 7.80. The summed E-state index contributed by atoms with van der Waals surface area (Å²) in [5.41, 5.74) is 7.54. The zero-order chi connectivity index (χ0) is 13.9. The summed E-state index contributed by atoms with van der Waals surface area (Å²) in [7, 11) is -2.85. The smallest absolute Gasteiger partial charge is 0.151 e. The first-order valence-electron chi connectivity index (χ1n) is 6.40. The third-order valence-electron chi connectivity index (χ3n) is 3.45. The summed E-state index contributed by atoms with van der Waals surface area (Å²) in [6.07, 6.45) is 2.54. The molecule has 0 bridgehead atoms. The van der Waals surface area contributed by atoms with E-state index < -0.39 is 9.84 Å². The molecule has 2 N–H and O–H groups in total. The van der Waals surface area contributed by atoms with E-state index in [0.717, 1.165) is 17.8 Å². The number of sulfone groups is 1. The molecule has 0 spiro atoms. The fourth-order valence-electron chi connectivity index (χ4n) is 2.43. The Kier molecular flexibility index (Phi) is 4.27. The van der Waals surface area contributed by atoms with Gasteiger partial charge in [-0.1, -0.05) is 18.2 Å². The monoisotopic (exact) mass is 280 g/mol. The van der Waals surface area contributed by atoms with Crippen molar-refractivity contribution in [3.05, 3.63) is 42.5 Å². The van der Waals surface area contributed by atoms with Crippen molar-refractivity contribution in [1.29, 1.82) is 0 Å². The second-order valence-corrected chi connectivity index (χ2v) is 7.25. The van der Waals surface area contributed by atoms with Gasteiger partial charge in [0, 0.05) is 24.8 Å². The Morgan fingerprint density at radius 2 is 2.05 bits per heavy atom. The summed E-state index contributed by atoms with van der Waals surface area (Å²) in [5.74, 6) is 0.558. The van der Waals surface area contributed by atoms with Gasteiger partial charge in [0.15, 0.2) is 9.84 Å². The molecule has 1 fully saturated rings. The first-order valence-corrected chi connectivity index (χ1v) is 8.22. The third kappa shape index (κ3) is 3.81. The van der Waals surface area contributed by atoms with Gasteiger partial charge < -0.3 is 5.73 Å². The van der Waals surface area contributed by atoms with Crippen molar-refractivity contribution >= 4 is 15.5 Å². The summed E-state index contributed by atoms with van der Waals surface area (Å²) in [4.78, 5) is 2.17. The number of anilines is 1. The van der Waals surface area contributed by atoms with Crippen molar-refractivity contribution < 1.29 is 8.42 Å². The molecular weight excluding hydrogens is 260 g/mol. The van der Waals surface area contributed by atoms with Gasteiger partial charge >= 0.3 is 0 Å². The maximum absolute atomic E-state index is 11.6. The SMILES string of the molecule is C=CCN(Cc1ccc(N)cc1)[C@H]1CCS(=O)(=O)C1. The Balaban J connectivity index is 2.08. The molecule has 5 heteroatoms. The van der Waals surface area contributed by atoms with E-state index in [9.17, 15) is 8.42 Å². The standard InChI is InChI=1S/C14H20N2O2S/c1-2-8-16(14-7-9-19(17,18)11-14)10-12-3-5-13(15)6-4-12/h2-6,14H,1,7-11,15H2/t14-/m0/s1. The second-order valence-electron chi connectivity index (χ2n) is 5.02. The molecule has 0 unspecified atom stereocenters. The molecule has 0 radical (unpaired) electrons. The Labute approximate surface area is 114 Å². The summed E-state index contributed by atoms with van der Waals surface area (Å²) >= 11 is 0. The third-order valence-corrected chi connectivity index (χ3v) is 5.20. The number of benzene rings is 1. The number of nitrogens with zero attached hydrogens (tertiary/aromatic N) is 1. The molecule has 0 aliphatic carbocycles. The van der Waals surface area contributed by atoms with Crippen LogP contribution in [0, 0.1) is 0 Å². The molecule has 1 saturated heterocycles. The highest BCUT2D eigenvalue weighted by Crippen LogP contribution is 2.20. The van der Waals surface area contributed by atoms with Crippen LogP contribution in [-0.4, -0.2) is 37.4 Å². The highest BCUT2D eigenvalue weighted by Gasteiger charge is 2.31. The molecule has 1 aliphatic rings. The lowest BCUT2D eigenvalue weighted by atomic mass is 10.1.